The van der Waals surface area contributed by atoms with Crippen LogP contribution in [0.15, 0.2) is 94.1 Å². The summed E-state index contributed by atoms with van der Waals surface area (Å²) in [5.74, 6) is 0.487. The van der Waals surface area contributed by atoms with Crippen LogP contribution < -0.4 is 5.43 Å². The van der Waals surface area contributed by atoms with Gasteiger partial charge in [0.05, 0.1) is 28.2 Å². The van der Waals surface area contributed by atoms with Crippen molar-refractivity contribution in [1.82, 2.24) is 4.98 Å². The second-order valence-electron chi connectivity index (χ2n) is 7.19. The maximum Gasteiger partial charge on any atom is 0.193 e. The molecule has 5 aromatic rings. The van der Waals surface area contributed by atoms with Crippen molar-refractivity contribution < 1.29 is 4.42 Å². The molecule has 3 aromatic carbocycles. The predicted molar refractivity (Wildman–Crippen MR) is 123 cm³/mol. The molecule has 0 unspecified atom stereocenters. The van der Waals surface area contributed by atoms with Gasteiger partial charge in [-0.25, -0.2) is 4.98 Å². The zero-order valence-electron chi connectivity index (χ0n) is 16.4. The molecule has 0 spiro atoms. The standard InChI is InChI=1S/C27H16N2O2/c28-17-19-9-13-26-23(15-19)25(30)16-27(31-26)21-6-3-4-18(14-21)8-11-22-12-10-20-5-1-2-7-24(20)29-22/h1-16H/b11-8+. The molecule has 0 aliphatic heterocycles. The van der Waals surface area contributed by atoms with E-state index in [9.17, 15) is 4.79 Å². The van der Waals surface area contributed by atoms with Gasteiger partial charge >= 0.3 is 0 Å². The summed E-state index contributed by atoms with van der Waals surface area (Å²) in [5.41, 5.74) is 4.32. The van der Waals surface area contributed by atoms with Crippen LogP contribution >= 0.6 is 0 Å². The summed E-state index contributed by atoms with van der Waals surface area (Å²) in [6.45, 7) is 0. The van der Waals surface area contributed by atoms with Crippen molar-refractivity contribution in [3.8, 4) is 17.4 Å². The first-order chi connectivity index (χ1) is 15.2. The zero-order chi connectivity index (χ0) is 21.2. The van der Waals surface area contributed by atoms with Gasteiger partial charge in [0.15, 0.2) is 5.43 Å². The summed E-state index contributed by atoms with van der Waals surface area (Å²) in [6.07, 6.45) is 3.95. The van der Waals surface area contributed by atoms with Crippen LogP contribution in [0.3, 0.4) is 0 Å². The third-order valence-corrected chi connectivity index (χ3v) is 5.09. The summed E-state index contributed by atoms with van der Waals surface area (Å²) < 4.78 is 5.95. The van der Waals surface area contributed by atoms with Gasteiger partial charge in [-0.3, -0.25) is 4.79 Å². The van der Waals surface area contributed by atoms with Gasteiger partial charge in [-0.2, -0.15) is 5.26 Å². The number of hydrogen-bond acceptors (Lipinski definition) is 4. The molecule has 4 heteroatoms. The molecule has 0 atom stereocenters. The zero-order valence-corrected chi connectivity index (χ0v) is 16.4. The third kappa shape index (κ3) is 3.73. The molecule has 0 aliphatic carbocycles. The van der Waals surface area contributed by atoms with Crippen LogP contribution in [-0.2, 0) is 0 Å². The smallest absolute Gasteiger partial charge is 0.193 e. The summed E-state index contributed by atoms with van der Waals surface area (Å²) >= 11 is 0. The number of nitrogens with zero attached hydrogens (tertiary/aromatic N) is 2. The van der Waals surface area contributed by atoms with Gasteiger partial charge in [-0.1, -0.05) is 48.5 Å². The molecule has 2 aromatic heterocycles. The average molecular weight is 400 g/mol. The summed E-state index contributed by atoms with van der Waals surface area (Å²) in [7, 11) is 0. The van der Waals surface area contributed by atoms with Crippen LogP contribution in [0.5, 0.6) is 0 Å². The third-order valence-electron chi connectivity index (χ3n) is 5.09. The number of rotatable bonds is 3. The first-order valence-electron chi connectivity index (χ1n) is 9.82. The first kappa shape index (κ1) is 18.5. The van der Waals surface area contributed by atoms with Gasteiger partial charge in [-0.15, -0.1) is 0 Å². The highest BCUT2D eigenvalue weighted by atomic mass is 16.3. The summed E-state index contributed by atoms with van der Waals surface area (Å²) in [5, 5.41) is 10.6. The van der Waals surface area contributed by atoms with E-state index in [1.165, 1.54) is 6.07 Å². The lowest BCUT2D eigenvalue weighted by Gasteiger charge is -2.05. The molecule has 146 valence electrons. The molecule has 0 fully saturated rings. The maximum absolute atomic E-state index is 12.6. The van der Waals surface area contributed by atoms with Gasteiger partial charge in [0.2, 0.25) is 0 Å². The van der Waals surface area contributed by atoms with Crippen LogP contribution in [0.25, 0.3) is 45.3 Å². The molecule has 0 saturated carbocycles. The Bertz CT molecular complexity index is 1570. The highest BCUT2D eigenvalue weighted by Crippen LogP contribution is 2.24. The van der Waals surface area contributed by atoms with E-state index in [-0.39, 0.29) is 5.43 Å². The number of benzene rings is 3. The van der Waals surface area contributed by atoms with Crippen molar-refractivity contribution in [3.05, 3.63) is 112 Å². The highest BCUT2D eigenvalue weighted by Gasteiger charge is 2.08. The van der Waals surface area contributed by atoms with Crippen LogP contribution in [-0.4, -0.2) is 4.98 Å². The second kappa shape index (κ2) is 7.74. The molecule has 2 heterocycles. The van der Waals surface area contributed by atoms with Crippen LogP contribution in [0, 0.1) is 11.3 Å². The number of aromatic nitrogens is 1. The fourth-order valence-corrected chi connectivity index (χ4v) is 3.52. The number of nitriles is 1. The Morgan fingerprint density at radius 2 is 1.77 bits per heavy atom. The van der Waals surface area contributed by atoms with Gasteiger partial charge in [0.25, 0.3) is 0 Å². The SMILES string of the molecule is N#Cc1ccc2oc(-c3cccc(/C=C/c4ccc5ccccc5n4)c3)cc(=O)c2c1. The number of para-hydroxylation sites is 1. The van der Waals surface area contributed by atoms with Crippen molar-refractivity contribution in [2.45, 2.75) is 0 Å². The second-order valence-corrected chi connectivity index (χ2v) is 7.19. The fourth-order valence-electron chi connectivity index (χ4n) is 3.52. The lowest BCUT2D eigenvalue weighted by Crippen LogP contribution is -2.00. The van der Waals surface area contributed by atoms with Crippen LogP contribution in [0.2, 0.25) is 0 Å². The number of fused-ring (bicyclic) bond motifs is 2. The van der Waals surface area contributed by atoms with Crippen molar-refractivity contribution in [3.63, 3.8) is 0 Å². The normalized spacial score (nSPS) is 11.2. The topological polar surface area (TPSA) is 66.9 Å². The molecular weight excluding hydrogens is 384 g/mol. The highest BCUT2D eigenvalue weighted by molar-refractivity contribution is 5.82. The molecule has 0 radical (unpaired) electrons. The lowest BCUT2D eigenvalue weighted by atomic mass is 10.1. The molecule has 0 aliphatic rings. The van der Waals surface area contributed by atoms with Gasteiger partial charge < -0.3 is 4.42 Å². The molecular formula is C27H16N2O2. The van der Waals surface area contributed by atoms with Gasteiger partial charge in [-0.05, 0) is 48.0 Å². The van der Waals surface area contributed by atoms with E-state index < -0.39 is 0 Å². The van der Waals surface area contributed by atoms with Crippen molar-refractivity contribution in [1.29, 1.82) is 5.26 Å². The van der Waals surface area contributed by atoms with Gasteiger partial charge in [0, 0.05) is 17.0 Å². The largest absolute Gasteiger partial charge is 0.456 e. The van der Waals surface area contributed by atoms with Gasteiger partial charge in [0.1, 0.15) is 11.3 Å². The van der Waals surface area contributed by atoms with E-state index in [1.54, 1.807) is 18.2 Å². The number of pyridine rings is 1. The van der Waals surface area contributed by atoms with Crippen molar-refractivity contribution in [2.24, 2.45) is 0 Å². The van der Waals surface area contributed by atoms with Crippen molar-refractivity contribution >= 4 is 34.0 Å². The van der Waals surface area contributed by atoms with E-state index in [0.717, 1.165) is 27.7 Å². The Morgan fingerprint density at radius 1 is 0.871 bits per heavy atom. The molecule has 5 rings (SSSR count). The quantitative estimate of drug-likeness (QED) is 0.370. The fraction of sp³-hybridized carbons (Fsp3) is 0. The Morgan fingerprint density at radius 3 is 2.68 bits per heavy atom. The predicted octanol–water partition coefficient (Wildman–Crippen LogP) is 6.05. The summed E-state index contributed by atoms with van der Waals surface area (Å²) in [6, 6.07) is 28.2. The molecule has 0 bridgehead atoms. The Balaban J connectivity index is 1.49. The Kier molecular flexibility index (Phi) is 4.62. The minimum Gasteiger partial charge on any atom is -0.456 e. The Labute approximate surface area is 178 Å². The maximum atomic E-state index is 12.6. The van der Waals surface area contributed by atoms with Crippen LogP contribution in [0.4, 0.5) is 0 Å². The van der Waals surface area contributed by atoms with E-state index in [0.29, 0.717) is 22.3 Å². The molecule has 0 amide bonds. The van der Waals surface area contributed by atoms with E-state index in [1.807, 2.05) is 72.8 Å². The summed E-state index contributed by atoms with van der Waals surface area (Å²) in [4.78, 5) is 17.2. The molecule has 0 saturated heterocycles. The molecule has 31 heavy (non-hydrogen) atoms. The molecule has 4 nitrogen and oxygen atoms in total. The van der Waals surface area contributed by atoms with E-state index >= 15 is 0 Å². The molecule has 0 N–H and O–H groups in total. The monoisotopic (exact) mass is 400 g/mol. The van der Waals surface area contributed by atoms with E-state index in [4.69, 9.17) is 9.68 Å². The van der Waals surface area contributed by atoms with Crippen LogP contribution in [0.1, 0.15) is 16.8 Å². The van der Waals surface area contributed by atoms with E-state index in [2.05, 4.69) is 11.1 Å². The first-order valence-corrected chi connectivity index (χ1v) is 9.82. The number of hydrogen-bond donors (Lipinski definition) is 0. The van der Waals surface area contributed by atoms with Crippen molar-refractivity contribution in [2.75, 3.05) is 0 Å². The Hall–Kier alpha value is -4.49. The minimum atomic E-state index is -0.172. The lowest BCUT2D eigenvalue weighted by molar-refractivity contribution is 0.619. The average Bonchev–Trinajstić information content (AvgIpc) is 2.82. The minimum absolute atomic E-state index is 0.172.